The summed E-state index contributed by atoms with van der Waals surface area (Å²) in [5.41, 5.74) is 0.0530. The Balaban J connectivity index is 2.29. The van der Waals surface area contributed by atoms with Crippen LogP contribution >= 0.6 is 0 Å². The monoisotopic (exact) mass is 759 g/mol. The summed E-state index contributed by atoms with van der Waals surface area (Å²) in [5, 5.41) is 11.8. The number of nitrogens with one attached hydrogen (secondary N) is 4. The third kappa shape index (κ3) is 12.5. The van der Waals surface area contributed by atoms with Crippen molar-refractivity contribution >= 4 is 29.5 Å². The maximum absolute atomic E-state index is 14.2. The predicted molar refractivity (Wildman–Crippen MR) is 211 cm³/mol. The Morgan fingerprint density at radius 2 is 1.61 bits per heavy atom. The highest BCUT2D eigenvalue weighted by Crippen LogP contribution is 2.30. The molecule has 0 aromatic heterocycles. The van der Waals surface area contributed by atoms with Crippen molar-refractivity contribution in [2.45, 2.75) is 136 Å². The van der Waals surface area contributed by atoms with Gasteiger partial charge in [-0.25, -0.2) is 0 Å². The molecule has 306 valence electrons. The number of ether oxygens (including phenoxy) is 2. The van der Waals surface area contributed by atoms with Gasteiger partial charge in [-0.2, -0.15) is 0 Å². The van der Waals surface area contributed by atoms with Crippen molar-refractivity contribution in [1.82, 2.24) is 31.1 Å². The van der Waals surface area contributed by atoms with Crippen molar-refractivity contribution in [2.75, 3.05) is 41.4 Å². The van der Waals surface area contributed by atoms with E-state index in [-0.39, 0.29) is 53.8 Å². The zero-order valence-corrected chi connectivity index (χ0v) is 35.0. The summed E-state index contributed by atoms with van der Waals surface area (Å²) in [4.78, 5) is 71.8. The van der Waals surface area contributed by atoms with Crippen LogP contribution in [0.4, 0.5) is 0 Å². The van der Waals surface area contributed by atoms with E-state index in [2.05, 4.69) is 21.3 Å². The van der Waals surface area contributed by atoms with E-state index in [4.69, 9.17) is 9.47 Å². The molecule has 13 nitrogen and oxygen atoms in total. The molecule has 1 heterocycles. The minimum atomic E-state index is -0.874. The summed E-state index contributed by atoms with van der Waals surface area (Å²) >= 11 is 0. The smallest absolute Gasteiger partial charge is 0.245 e. The van der Waals surface area contributed by atoms with Gasteiger partial charge in [0.05, 0.1) is 42.2 Å². The molecule has 1 aliphatic heterocycles. The SMILES string of the molecule is CCCNC(=O)C(Cc1ccccc1)NC(=O)C(C)C(OC)C1CCCN1C(=O)CC(OC)C(C(C)CC)N(C)C(=O)C(NC(=O)C(C)(C)NC)C(C)C. The molecule has 0 saturated carbocycles. The van der Waals surface area contributed by atoms with Crippen molar-refractivity contribution in [3.8, 4) is 0 Å². The van der Waals surface area contributed by atoms with Crippen molar-refractivity contribution in [3.63, 3.8) is 0 Å². The van der Waals surface area contributed by atoms with E-state index in [1.807, 2.05) is 65.0 Å². The zero-order valence-electron chi connectivity index (χ0n) is 35.0. The molecule has 5 amide bonds. The van der Waals surface area contributed by atoms with Gasteiger partial charge in [0, 0.05) is 40.8 Å². The number of carbonyl (C=O) groups is 5. The van der Waals surface area contributed by atoms with E-state index >= 15 is 0 Å². The van der Waals surface area contributed by atoms with Crippen LogP contribution in [0.5, 0.6) is 0 Å². The number of benzene rings is 1. The fraction of sp³-hybridized carbons (Fsp3) is 0.732. The van der Waals surface area contributed by atoms with Crippen LogP contribution in [0.1, 0.15) is 93.1 Å². The first kappa shape index (κ1) is 46.6. The van der Waals surface area contributed by atoms with Gasteiger partial charge < -0.3 is 40.5 Å². The second kappa shape index (κ2) is 22.1. The first-order valence-corrected chi connectivity index (χ1v) is 19.7. The van der Waals surface area contributed by atoms with Crippen molar-refractivity contribution in [1.29, 1.82) is 0 Å². The number of nitrogens with zero attached hydrogens (tertiary/aromatic N) is 2. The number of methoxy groups -OCH3 is 2. The van der Waals surface area contributed by atoms with Gasteiger partial charge in [0.25, 0.3) is 0 Å². The van der Waals surface area contributed by atoms with Crippen LogP contribution in [0.25, 0.3) is 0 Å². The van der Waals surface area contributed by atoms with Gasteiger partial charge in [-0.15, -0.1) is 0 Å². The zero-order chi connectivity index (χ0) is 40.7. The Morgan fingerprint density at radius 3 is 2.15 bits per heavy atom. The quantitative estimate of drug-likeness (QED) is 0.140. The molecule has 13 heteroatoms. The molecule has 1 aromatic carbocycles. The predicted octanol–water partition coefficient (Wildman–Crippen LogP) is 3.30. The molecule has 1 fully saturated rings. The Kier molecular flexibility index (Phi) is 19.1. The number of amides is 5. The number of carbonyl (C=O) groups excluding carboxylic acids is 5. The fourth-order valence-electron chi connectivity index (χ4n) is 7.21. The van der Waals surface area contributed by atoms with Crippen LogP contribution in [-0.2, 0) is 39.9 Å². The van der Waals surface area contributed by atoms with Gasteiger partial charge in [0.2, 0.25) is 29.5 Å². The van der Waals surface area contributed by atoms with Crippen LogP contribution < -0.4 is 21.3 Å². The van der Waals surface area contributed by atoms with Crippen molar-refractivity contribution < 1.29 is 33.4 Å². The number of hydrogen-bond acceptors (Lipinski definition) is 8. The lowest BCUT2D eigenvalue weighted by atomic mass is 9.89. The van der Waals surface area contributed by atoms with Crippen molar-refractivity contribution in [2.24, 2.45) is 17.8 Å². The molecular formula is C41H70N6O7. The molecule has 2 rings (SSSR count). The summed E-state index contributed by atoms with van der Waals surface area (Å²) in [6.45, 7) is 16.1. The minimum Gasteiger partial charge on any atom is -0.379 e. The number of likely N-dealkylation sites (N-methyl/N-ethyl adjacent to an activating group) is 2. The number of rotatable bonds is 22. The van der Waals surface area contributed by atoms with E-state index in [9.17, 15) is 24.0 Å². The first-order chi connectivity index (χ1) is 25.5. The largest absolute Gasteiger partial charge is 0.379 e. The van der Waals surface area contributed by atoms with Crippen LogP contribution in [0.2, 0.25) is 0 Å². The van der Waals surface area contributed by atoms with Gasteiger partial charge >= 0.3 is 0 Å². The van der Waals surface area contributed by atoms with Crippen LogP contribution in [0.3, 0.4) is 0 Å². The molecule has 4 N–H and O–H groups in total. The highest BCUT2D eigenvalue weighted by molar-refractivity contribution is 5.92. The highest BCUT2D eigenvalue weighted by atomic mass is 16.5. The average Bonchev–Trinajstić information content (AvgIpc) is 3.64. The molecule has 54 heavy (non-hydrogen) atoms. The average molecular weight is 759 g/mol. The summed E-state index contributed by atoms with van der Waals surface area (Å²) in [6.07, 6.45) is 1.98. The topological polar surface area (TPSA) is 158 Å². The summed E-state index contributed by atoms with van der Waals surface area (Å²) in [7, 11) is 6.51. The molecule has 0 spiro atoms. The Hall–Kier alpha value is -3.55. The summed E-state index contributed by atoms with van der Waals surface area (Å²) in [5.74, 6) is -2.16. The summed E-state index contributed by atoms with van der Waals surface area (Å²) in [6, 6.07) is 7.17. The van der Waals surface area contributed by atoms with Gasteiger partial charge in [-0.1, -0.05) is 78.3 Å². The van der Waals surface area contributed by atoms with Gasteiger partial charge in [-0.3, -0.25) is 24.0 Å². The Bertz CT molecular complexity index is 1360. The molecular weight excluding hydrogens is 688 g/mol. The van der Waals surface area contributed by atoms with E-state index in [0.29, 0.717) is 25.9 Å². The molecule has 0 aliphatic carbocycles. The molecule has 1 saturated heterocycles. The third-order valence-corrected chi connectivity index (χ3v) is 11.1. The fourth-order valence-corrected chi connectivity index (χ4v) is 7.21. The minimum absolute atomic E-state index is 0.0128. The maximum atomic E-state index is 14.2. The van der Waals surface area contributed by atoms with Gasteiger partial charge in [0.1, 0.15) is 12.1 Å². The highest BCUT2D eigenvalue weighted by Gasteiger charge is 2.43. The molecule has 0 radical (unpaired) electrons. The normalized spacial score (nSPS) is 18.5. The Morgan fingerprint density at radius 1 is 0.963 bits per heavy atom. The standard InChI is InChI=1S/C41H70N6O7/c1-13-22-43-38(50)30(24-29-19-16-15-17-20-29)44-37(49)28(6)36(54-12)31-21-18-23-47(31)33(48)25-32(53-11)35(27(5)14-2)46(10)39(51)34(26(3)4)45-40(52)41(7,8)42-9/h15-17,19-20,26-28,30-32,34-36,42H,13-14,18,21-25H2,1-12H3,(H,43,50)(H,44,49)(H,45,52). The third-order valence-electron chi connectivity index (χ3n) is 11.1. The van der Waals surface area contributed by atoms with Crippen LogP contribution in [-0.4, -0.2) is 123 Å². The maximum Gasteiger partial charge on any atom is 0.245 e. The molecule has 8 atom stereocenters. The van der Waals surface area contributed by atoms with E-state index in [1.54, 1.807) is 58.9 Å². The van der Waals surface area contributed by atoms with Crippen molar-refractivity contribution in [3.05, 3.63) is 35.9 Å². The van der Waals surface area contributed by atoms with Crippen LogP contribution in [0, 0.1) is 17.8 Å². The molecule has 1 aliphatic rings. The molecule has 0 bridgehead atoms. The van der Waals surface area contributed by atoms with Gasteiger partial charge in [0.15, 0.2) is 0 Å². The first-order valence-electron chi connectivity index (χ1n) is 19.7. The number of likely N-dealkylation sites (tertiary alicyclic amines) is 1. The van der Waals surface area contributed by atoms with E-state index in [1.165, 1.54) is 0 Å². The lowest BCUT2D eigenvalue weighted by molar-refractivity contribution is -0.148. The van der Waals surface area contributed by atoms with E-state index in [0.717, 1.165) is 24.8 Å². The van der Waals surface area contributed by atoms with Crippen LogP contribution in [0.15, 0.2) is 30.3 Å². The number of hydrogen-bond donors (Lipinski definition) is 4. The summed E-state index contributed by atoms with van der Waals surface area (Å²) < 4.78 is 12.0. The molecule has 1 aromatic rings. The molecule has 8 unspecified atom stereocenters. The van der Waals surface area contributed by atoms with E-state index < -0.39 is 41.8 Å². The Labute approximate surface area is 324 Å². The second-order valence-corrected chi connectivity index (χ2v) is 15.7. The second-order valence-electron chi connectivity index (χ2n) is 15.7. The van der Waals surface area contributed by atoms with Gasteiger partial charge in [-0.05, 0) is 57.6 Å². The lowest BCUT2D eigenvalue weighted by Gasteiger charge is -2.41. The lowest BCUT2D eigenvalue weighted by Crippen LogP contribution is -2.61.